The first-order chi connectivity index (χ1) is 9.91. The Hall–Kier alpha value is -1.25. The fourth-order valence-electron chi connectivity index (χ4n) is 2.16. The van der Waals surface area contributed by atoms with Gasteiger partial charge in [-0.25, -0.2) is 8.42 Å². The van der Waals surface area contributed by atoms with E-state index in [1.165, 1.54) is 12.1 Å². The van der Waals surface area contributed by atoms with E-state index in [1.807, 2.05) is 0 Å². The first-order valence-corrected chi connectivity index (χ1v) is 8.12. The maximum absolute atomic E-state index is 12.5. The number of alkyl halides is 2. The van der Waals surface area contributed by atoms with Gasteiger partial charge in [0, 0.05) is 5.69 Å². The van der Waals surface area contributed by atoms with E-state index in [4.69, 9.17) is 0 Å². The van der Waals surface area contributed by atoms with Crippen molar-refractivity contribution in [3.05, 3.63) is 24.3 Å². The molecular weight excluding hydrogens is 338 g/mol. The molecule has 1 aromatic rings. The number of carbonyl (C=O) groups is 1. The van der Waals surface area contributed by atoms with E-state index in [0.717, 1.165) is 31.5 Å². The fourth-order valence-corrected chi connectivity index (χ4v) is 2.92. The zero-order chi connectivity index (χ0) is 15.5. The van der Waals surface area contributed by atoms with Gasteiger partial charge in [-0.3, -0.25) is 4.79 Å². The second-order valence-corrected chi connectivity index (χ2v) is 6.74. The molecule has 124 valence electrons. The van der Waals surface area contributed by atoms with Crippen molar-refractivity contribution in [2.75, 3.05) is 11.9 Å². The lowest BCUT2D eigenvalue weighted by molar-refractivity contribution is -0.118. The highest BCUT2D eigenvalue weighted by atomic mass is 35.5. The van der Waals surface area contributed by atoms with Crippen LogP contribution in [0.3, 0.4) is 0 Å². The van der Waals surface area contributed by atoms with Crippen molar-refractivity contribution in [1.82, 2.24) is 5.32 Å². The van der Waals surface area contributed by atoms with E-state index >= 15 is 0 Å². The molecular formula is C13H17ClF2N2O3S. The van der Waals surface area contributed by atoms with Crippen molar-refractivity contribution < 1.29 is 22.0 Å². The van der Waals surface area contributed by atoms with Gasteiger partial charge < -0.3 is 10.6 Å². The molecule has 1 aliphatic heterocycles. The monoisotopic (exact) mass is 354 g/mol. The summed E-state index contributed by atoms with van der Waals surface area (Å²) in [4.78, 5) is 11.5. The number of sulfone groups is 1. The van der Waals surface area contributed by atoms with Gasteiger partial charge in [-0.2, -0.15) is 8.78 Å². The lowest BCUT2D eigenvalue weighted by Gasteiger charge is -2.22. The molecule has 1 atom stereocenters. The highest BCUT2D eigenvalue weighted by Gasteiger charge is 2.27. The fraction of sp³-hybridized carbons (Fsp3) is 0.462. The largest absolute Gasteiger partial charge is 0.341 e. The van der Waals surface area contributed by atoms with E-state index in [-0.39, 0.29) is 30.0 Å². The number of hydrogen-bond acceptors (Lipinski definition) is 4. The third-order valence-corrected chi connectivity index (χ3v) is 4.67. The van der Waals surface area contributed by atoms with Crippen LogP contribution in [0.1, 0.15) is 19.3 Å². The molecule has 1 unspecified atom stereocenters. The molecule has 0 aromatic heterocycles. The summed E-state index contributed by atoms with van der Waals surface area (Å²) >= 11 is 0. The van der Waals surface area contributed by atoms with E-state index in [0.29, 0.717) is 6.42 Å². The van der Waals surface area contributed by atoms with Crippen LogP contribution in [-0.4, -0.2) is 32.7 Å². The summed E-state index contributed by atoms with van der Waals surface area (Å²) in [5, 5.41) is 5.60. The molecule has 9 heteroatoms. The normalized spacial score (nSPS) is 18.6. The van der Waals surface area contributed by atoms with Gasteiger partial charge in [-0.15, -0.1) is 12.4 Å². The average Bonchev–Trinajstić information content (AvgIpc) is 2.48. The molecule has 1 fully saturated rings. The second kappa shape index (κ2) is 7.85. The van der Waals surface area contributed by atoms with Crippen molar-refractivity contribution in [1.29, 1.82) is 0 Å². The average molecular weight is 355 g/mol. The van der Waals surface area contributed by atoms with Crippen LogP contribution in [0.5, 0.6) is 0 Å². The Morgan fingerprint density at radius 1 is 1.32 bits per heavy atom. The molecule has 0 aliphatic carbocycles. The molecule has 2 N–H and O–H groups in total. The van der Waals surface area contributed by atoms with Gasteiger partial charge in [0.25, 0.3) is 0 Å². The highest BCUT2D eigenvalue weighted by molar-refractivity contribution is 7.91. The second-order valence-electron chi connectivity index (χ2n) is 4.83. The third kappa shape index (κ3) is 4.37. The highest BCUT2D eigenvalue weighted by Crippen LogP contribution is 2.21. The third-order valence-electron chi connectivity index (χ3n) is 3.29. The minimum Gasteiger partial charge on any atom is -0.325 e. The topological polar surface area (TPSA) is 75.3 Å². The van der Waals surface area contributed by atoms with Crippen LogP contribution < -0.4 is 10.6 Å². The van der Waals surface area contributed by atoms with Crippen LogP contribution >= 0.6 is 12.4 Å². The Kier molecular flexibility index (Phi) is 6.70. The molecule has 1 heterocycles. The quantitative estimate of drug-likeness (QED) is 0.869. The maximum Gasteiger partial charge on any atom is 0.341 e. The molecule has 1 saturated heterocycles. The number of amides is 1. The van der Waals surface area contributed by atoms with Gasteiger partial charge in [0.15, 0.2) is 0 Å². The smallest absolute Gasteiger partial charge is 0.325 e. The first-order valence-electron chi connectivity index (χ1n) is 6.57. The number of carbonyl (C=O) groups excluding carboxylic acids is 1. The van der Waals surface area contributed by atoms with E-state index in [9.17, 15) is 22.0 Å². The molecule has 1 aliphatic rings. The number of benzene rings is 1. The molecule has 1 aromatic carbocycles. The lowest BCUT2D eigenvalue weighted by Crippen LogP contribution is -2.43. The van der Waals surface area contributed by atoms with Crippen molar-refractivity contribution in [3.63, 3.8) is 0 Å². The van der Waals surface area contributed by atoms with Crippen LogP contribution in [0.2, 0.25) is 0 Å². The SMILES string of the molecule is Cl.O=C(Nc1cccc(S(=O)(=O)C(F)F)c1)C1CCCCN1. The summed E-state index contributed by atoms with van der Waals surface area (Å²) in [6, 6.07) is 4.57. The Balaban J connectivity index is 0.00000242. The molecule has 5 nitrogen and oxygen atoms in total. The Labute approximate surface area is 133 Å². The molecule has 0 saturated carbocycles. The Morgan fingerprint density at radius 2 is 2.05 bits per heavy atom. The summed E-state index contributed by atoms with van der Waals surface area (Å²) in [6.07, 6.45) is 2.64. The van der Waals surface area contributed by atoms with Crippen LogP contribution in [-0.2, 0) is 14.6 Å². The van der Waals surface area contributed by atoms with Gasteiger partial charge in [0.2, 0.25) is 15.7 Å². The van der Waals surface area contributed by atoms with Crippen molar-refractivity contribution >= 4 is 33.8 Å². The van der Waals surface area contributed by atoms with E-state index in [2.05, 4.69) is 10.6 Å². The van der Waals surface area contributed by atoms with Crippen LogP contribution in [0.4, 0.5) is 14.5 Å². The molecule has 1 amide bonds. The standard InChI is InChI=1S/C13H16F2N2O3S.ClH/c14-13(15)21(19,20)10-5-3-4-9(8-10)17-12(18)11-6-1-2-7-16-11;/h3-5,8,11,13,16H,1-2,6-7H2,(H,17,18);1H. The predicted octanol–water partition coefficient (Wildman–Crippen LogP) is 2.19. The van der Waals surface area contributed by atoms with Crippen LogP contribution in [0, 0.1) is 0 Å². The number of anilines is 1. The van der Waals surface area contributed by atoms with E-state index < -0.39 is 20.5 Å². The summed E-state index contributed by atoms with van der Waals surface area (Å²) < 4.78 is 47.8. The molecule has 0 bridgehead atoms. The van der Waals surface area contributed by atoms with Crippen LogP contribution in [0.15, 0.2) is 29.2 Å². The molecule has 22 heavy (non-hydrogen) atoms. The predicted molar refractivity (Wildman–Crippen MR) is 81.2 cm³/mol. The maximum atomic E-state index is 12.5. The Morgan fingerprint density at radius 3 is 2.64 bits per heavy atom. The first kappa shape index (κ1) is 18.8. The molecule has 0 radical (unpaired) electrons. The van der Waals surface area contributed by atoms with Crippen LogP contribution in [0.25, 0.3) is 0 Å². The zero-order valence-corrected chi connectivity index (χ0v) is 13.2. The van der Waals surface area contributed by atoms with Gasteiger partial charge >= 0.3 is 5.76 Å². The number of halogens is 3. The van der Waals surface area contributed by atoms with Crippen molar-refractivity contribution in [3.8, 4) is 0 Å². The number of nitrogens with one attached hydrogen (secondary N) is 2. The van der Waals surface area contributed by atoms with E-state index in [1.54, 1.807) is 0 Å². The summed E-state index contributed by atoms with van der Waals surface area (Å²) in [7, 11) is -4.66. The number of rotatable bonds is 4. The molecule has 0 spiro atoms. The van der Waals surface area contributed by atoms with Crippen molar-refractivity contribution in [2.24, 2.45) is 0 Å². The number of hydrogen-bond donors (Lipinski definition) is 2. The lowest BCUT2D eigenvalue weighted by atomic mass is 10.0. The van der Waals surface area contributed by atoms with Gasteiger partial charge in [-0.1, -0.05) is 12.5 Å². The van der Waals surface area contributed by atoms with Crippen molar-refractivity contribution in [2.45, 2.75) is 36.0 Å². The van der Waals surface area contributed by atoms with Gasteiger partial charge in [0.1, 0.15) is 0 Å². The minimum absolute atomic E-state index is 0. The zero-order valence-electron chi connectivity index (χ0n) is 11.6. The minimum atomic E-state index is -4.66. The molecule has 2 rings (SSSR count). The number of piperidine rings is 1. The summed E-state index contributed by atoms with van der Waals surface area (Å²) in [6.45, 7) is 0.748. The summed E-state index contributed by atoms with van der Waals surface area (Å²) in [5.74, 6) is -3.77. The van der Waals surface area contributed by atoms with Gasteiger partial charge in [0.05, 0.1) is 10.9 Å². The Bertz CT molecular complexity index is 619. The van der Waals surface area contributed by atoms with Gasteiger partial charge in [-0.05, 0) is 37.6 Å². The summed E-state index contributed by atoms with van der Waals surface area (Å²) in [5.41, 5.74) is 0.189.